The number of fused-ring (bicyclic) bond motifs is 1. The van der Waals surface area contributed by atoms with E-state index in [-0.39, 0.29) is 42.1 Å². The van der Waals surface area contributed by atoms with Gasteiger partial charge in [0.2, 0.25) is 0 Å². The van der Waals surface area contributed by atoms with Crippen LogP contribution in [0.2, 0.25) is 5.02 Å². The molecular formula is C22H19Cl3N2O3. The summed E-state index contributed by atoms with van der Waals surface area (Å²) in [6.07, 6.45) is 3.47. The predicted molar refractivity (Wildman–Crippen MR) is 124 cm³/mol. The van der Waals surface area contributed by atoms with Crippen LogP contribution < -0.4 is 10.9 Å². The van der Waals surface area contributed by atoms with Crippen molar-refractivity contribution >= 4 is 47.4 Å². The number of hydrogen-bond acceptors (Lipinski definition) is 5. The van der Waals surface area contributed by atoms with E-state index in [1.54, 1.807) is 18.5 Å². The topological polar surface area (TPSA) is 75.4 Å². The molecule has 8 heteroatoms. The zero-order valence-electron chi connectivity index (χ0n) is 15.7. The summed E-state index contributed by atoms with van der Waals surface area (Å²) in [5, 5.41) is 14.6. The summed E-state index contributed by atoms with van der Waals surface area (Å²) in [5.74, 6) is -0.0961. The maximum absolute atomic E-state index is 12.2. The Morgan fingerprint density at radius 3 is 2.50 bits per heavy atom. The highest BCUT2D eigenvalue weighted by atomic mass is 35.5. The first-order valence-corrected chi connectivity index (χ1v) is 9.14. The second-order valence-electron chi connectivity index (χ2n) is 6.37. The van der Waals surface area contributed by atoms with Gasteiger partial charge in [-0.1, -0.05) is 48.0 Å². The van der Waals surface area contributed by atoms with Crippen LogP contribution in [-0.4, -0.2) is 10.1 Å². The lowest BCUT2D eigenvalue weighted by atomic mass is 9.99. The molecule has 0 saturated heterocycles. The molecule has 0 spiro atoms. The Hall–Kier alpha value is -2.57. The van der Waals surface area contributed by atoms with Crippen molar-refractivity contribution in [1.82, 2.24) is 10.3 Å². The highest BCUT2D eigenvalue weighted by Gasteiger charge is 2.17. The maximum atomic E-state index is 12.2. The van der Waals surface area contributed by atoms with E-state index in [1.807, 2.05) is 42.5 Å². The third kappa shape index (κ3) is 4.94. The number of halogens is 3. The second kappa shape index (κ2) is 10.5. The third-order valence-corrected chi connectivity index (χ3v) is 4.78. The molecule has 2 aromatic heterocycles. The molecule has 5 nitrogen and oxygen atoms in total. The van der Waals surface area contributed by atoms with E-state index < -0.39 is 5.63 Å². The number of nitrogens with one attached hydrogen (secondary N) is 1. The van der Waals surface area contributed by atoms with Crippen molar-refractivity contribution in [3.8, 4) is 16.9 Å². The van der Waals surface area contributed by atoms with Crippen molar-refractivity contribution in [2.45, 2.75) is 13.1 Å². The number of phenolic OH excluding ortho intramolecular Hbond substituents is 1. The maximum Gasteiger partial charge on any atom is 0.336 e. The van der Waals surface area contributed by atoms with Gasteiger partial charge in [0.1, 0.15) is 11.3 Å². The van der Waals surface area contributed by atoms with Gasteiger partial charge in [0.05, 0.1) is 10.6 Å². The molecule has 0 amide bonds. The Morgan fingerprint density at radius 1 is 1.03 bits per heavy atom. The SMILES string of the molecule is Cl.Cl.O=c1cc(-c2ccccc2)c2cc(Cl)c(O)c(CNCc3cccnc3)c2o1. The van der Waals surface area contributed by atoms with Crippen LogP contribution in [0.4, 0.5) is 0 Å². The number of aromatic nitrogens is 1. The highest BCUT2D eigenvalue weighted by Crippen LogP contribution is 2.38. The fourth-order valence-electron chi connectivity index (χ4n) is 3.17. The summed E-state index contributed by atoms with van der Waals surface area (Å²) in [6.45, 7) is 0.822. The van der Waals surface area contributed by atoms with E-state index in [0.717, 1.165) is 11.1 Å². The van der Waals surface area contributed by atoms with Crippen LogP contribution >= 0.6 is 36.4 Å². The van der Waals surface area contributed by atoms with Crippen molar-refractivity contribution in [3.05, 3.63) is 93.6 Å². The normalized spacial score (nSPS) is 10.3. The van der Waals surface area contributed by atoms with E-state index in [2.05, 4.69) is 10.3 Å². The van der Waals surface area contributed by atoms with Gasteiger partial charge >= 0.3 is 5.63 Å². The van der Waals surface area contributed by atoms with Crippen LogP contribution in [0.1, 0.15) is 11.1 Å². The molecule has 0 saturated carbocycles. The first-order valence-electron chi connectivity index (χ1n) is 8.76. The summed E-state index contributed by atoms with van der Waals surface area (Å²) in [7, 11) is 0. The number of hydrogen-bond donors (Lipinski definition) is 2. The Balaban J connectivity index is 0.00000160. The molecule has 2 N–H and O–H groups in total. The standard InChI is InChI=1S/C22H17ClN2O3.2ClH/c23-19-9-17-16(15-6-2-1-3-7-15)10-20(26)28-22(17)18(21(19)27)13-25-12-14-5-4-8-24-11-14;;/h1-11,25,27H,12-13H2;2*1H. The highest BCUT2D eigenvalue weighted by molar-refractivity contribution is 6.33. The van der Waals surface area contributed by atoms with E-state index in [0.29, 0.717) is 28.6 Å². The Morgan fingerprint density at radius 2 is 1.80 bits per heavy atom. The summed E-state index contributed by atoms with van der Waals surface area (Å²) in [5.41, 5.74) is 2.87. The molecule has 0 aliphatic rings. The third-order valence-electron chi connectivity index (χ3n) is 4.50. The Kier molecular flexibility index (Phi) is 8.26. The first-order chi connectivity index (χ1) is 13.6. The molecule has 0 atom stereocenters. The number of pyridine rings is 1. The lowest BCUT2D eigenvalue weighted by Crippen LogP contribution is -2.14. The fraction of sp³-hybridized carbons (Fsp3) is 0.0909. The van der Waals surface area contributed by atoms with Gasteiger partial charge in [0.15, 0.2) is 0 Å². The molecule has 0 radical (unpaired) electrons. The minimum absolute atomic E-state index is 0. The summed E-state index contributed by atoms with van der Waals surface area (Å²) >= 11 is 6.28. The minimum atomic E-state index is -0.485. The molecule has 0 unspecified atom stereocenters. The quantitative estimate of drug-likeness (QED) is 0.389. The molecule has 30 heavy (non-hydrogen) atoms. The van der Waals surface area contributed by atoms with Gasteiger partial charge in [0.25, 0.3) is 0 Å². The van der Waals surface area contributed by atoms with Crippen molar-refractivity contribution in [1.29, 1.82) is 0 Å². The molecule has 156 valence electrons. The monoisotopic (exact) mass is 464 g/mol. The van der Waals surface area contributed by atoms with Gasteiger partial charge < -0.3 is 14.8 Å². The number of phenols is 1. The number of nitrogens with zero attached hydrogens (tertiary/aromatic N) is 1. The van der Waals surface area contributed by atoms with Crippen molar-refractivity contribution in [3.63, 3.8) is 0 Å². The minimum Gasteiger partial charge on any atom is -0.506 e. The van der Waals surface area contributed by atoms with Crippen LogP contribution in [-0.2, 0) is 13.1 Å². The van der Waals surface area contributed by atoms with Crippen LogP contribution in [0, 0.1) is 0 Å². The summed E-state index contributed by atoms with van der Waals surface area (Å²) < 4.78 is 5.47. The van der Waals surface area contributed by atoms with Gasteiger partial charge in [-0.15, -0.1) is 24.8 Å². The van der Waals surface area contributed by atoms with Gasteiger partial charge in [-0.2, -0.15) is 0 Å². The Bertz CT molecular complexity index is 1180. The van der Waals surface area contributed by atoms with Crippen molar-refractivity contribution < 1.29 is 9.52 Å². The van der Waals surface area contributed by atoms with Crippen LogP contribution in [0.5, 0.6) is 5.75 Å². The lowest BCUT2D eigenvalue weighted by molar-refractivity contribution is 0.461. The number of aromatic hydroxyl groups is 1. The van der Waals surface area contributed by atoms with Crippen LogP contribution in [0.15, 0.2) is 76.2 Å². The molecule has 0 fully saturated rings. The van der Waals surface area contributed by atoms with Crippen molar-refractivity contribution in [2.75, 3.05) is 0 Å². The zero-order valence-corrected chi connectivity index (χ0v) is 18.1. The molecule has 4 aromatic rings. The number of benzene rings is 2. The Labute approximate surface area is 190 Å². The zero-order chi connectivity index (χ0) is 19.5. The molecular weight excluding hydrogens is 447 g/mol. The fourth-order valence-corrected chi connectivity index (χ4v) is 3.40. The molecule has 2 aromatic carbocycles. The van der Waals surface area contributed by atoms with Crippen molar-refractivity contribution in [2.24, 2.45) is 0 Å². The van der Waals surface area contributed by atoms with Gasteiger partial charge in [-0.05, 0) is 28.8 Å². The van der Waals surface area contributed by atoms with E-state index >= 15 is 0 Å². The predicted octanol–water partition coefficient (Wildman–Crippen LogP) is 5.35. The molecule has 4 rings (SSSR count). The average Bonchev–Trinajstić information content (AvgIpc) is 2.72. The van der Waals surface area contributed by atoms with Gasteiger partial charge in [-0.3, -0.25) is 4.98 Å². The van der Waals surface area contributed by atoms with Gasteiger partial charge in [0, 0.05) is 36.9 Å². The van der Waals surface area contributed by atoms with E-state index in [1.165, 1.54) is 6.07 Å². The van der Waals surface area contributed by atoms with Crippen LogP contribution in [0.3, 0.4) is 0 Å². The van der Waals surface area contributed by atoms with Crippen LogP contribution in [0.25, 0.3) is 22.1 Å². The smallest absolute Gasteiger partial charge is 0.336 e. The summed E-state index contributed by atoms with van der Waals surface area (Å²) in [6, 6.07) is 16.4. The molecule has 2 heterocycles. The van der Waals surface area contributed by atoms with E-state index in [4.69, 9.17) is 16.0 Å². The lowest BCUT2D eigenvalue weighted by Gasteiger charge is -2.13. The average molecular weight is 466 g/mol. The molecule has 0 aliphatic carbocycles. The first kappa shape index (κ1) is 23.7. The van der Waals surface area contributed by atoms with E-state index in [9.17, 15) is 9.90 Å². The molecule has 0 bridgehead atoms. The largest absolute Gasteiger partial charge is 0.506 e. The summed E-state index contributed by atoms with van der Waals surface area (Å²) in [4.78, 5) is 16.3. The molecule has 0 aliphatic heterocycles. The number of rotatable bonds is 5. The van der Waals surface area contributed by atoms with Gasteiger partial charge in [-0.25, -0.2) is 4.79 Å². The second-order valence-corrected chi connectivity index (χ2v) is 6.78.